The van der Waals surface area contributed by atoms with Crippen LogP contribution in [-0.4, -0.2) is 83.7 Å². The number of rotatable bonds is 9. The van der Waals surface area contributed by atoms with Crippen molar-refractivity contribution >= 4 is 17.7 Å². The van der Waals surface area contributed by atoms with E-state index in [1.54, 1.807) is 11.1 Å². The van der Waals surface area contributed by atoms with Gasteiger partial charge in [-0.1, -0.05) is 26.2 Å². The van der Waals surface area contributed by atoms with Crippen molar-refractivity contribution in [3.05, 3.63) is 18.0 Å². The molecule has 0 aromatic carbocycles. The number of hydrogen-bond acceptors (Lipinski definition) is 5. The minimum Gasteiger partial charge on any atom is -0.379 e. The highest BCUT2D eigenvalue weighted by Gasteiger charge is 2.58. The molecule has 0 unspecified atom stereocenters. The number of carbonyl (C=O) groups is 3. The van der Waals surface area contributed by atoms with Gasteiger partial charge in [-0.05, 0) is 25.2 Å². The van der Waals surface area contributed by atoms with Gasteiger partial charge in [0, 0.05) is 57.4 Å². The number of carbonyl (C=O) groups excluding carboxylic acids is 3. The highest BCUT2D eigenvalue weighted by molar-refractivity contribution is 5.95. The van der Waals surface area contributed by atoms with Crippen LogP contribution in [0.3, 0.4) is 0 Å². The molecule has 1 atom stereocenters. The zero-order valence-electron chi connectivity index (χ0n) is 19.7. The maximum absolute atomic E-state index is 13.1. The molecule has 4 rings (SSSR count). The van der Waals surface area contributed by atoms with E-state index in [2.05, 4.69) is 15.5 Å². The molecule has 2 saturated heterocycles. The van der Waals surface area contributed by atoms with Crippen LogP contribution >= 0.6 is 0 Å². The van der Waals surface area contributed by atoms with E-state index in [4.69, 9.17) is 4.74 Å². The van der Waals surface area contributed by atoms with E-state index in [9.17, 15) is 14.4 Å². The summed E-state index contributed by atoms with van der Waals surface area (Å²) in [7, 11) is 0. The smallest absolute Gasteiger partial charge is 0.257 e. The second kappa shape index (κ2) is 10.7. The minimum absolute atomic E-state index is 0.0543. The summed E-state index contributed by atoms with van der Waals surface area (Å²) >= 11 is 0. The number of ether oxygens (including phenoxy) is 1. The van der Waals surface area contributed by atoms with Gasteiger partial charge in [-0.15, -0.1) is 0 Å². The molecule has 9 heteroatoms. The maximum atomic E-state index is 13.1. The molecule has 1 aliphatic carbocycles. The van der Waals surface area contributed by atoms with E-state index >= 15 is 0 Å². The van der Waals surface area contributed by atoms with Gasteiger partial charge in [0.1, 0.15) is 0 Å². The first-order chi connectivity index (χ1) is 16.0. The lowest BCUT2D eigenvalue weighted by Gasteiger charge is -2.50. The van der Waals surface area contributed by atoms with Gasteiger partial charge in [0.25, 0.3) is 5.91 Å². The van der Waals surface area contributed by atoms with Crippen LogP contribution in [0.4, 0.5) is 0 Å². The Labute approximate surface area is 195 Å². The van der Waals surface area contributed by atoms with E-state index in [0.717, 1.165) is 13.0 Å². The predicted octanol–water partition coefficient (Wildman–Crippen LogP) is 1.82. The molecule has 3 heterocycles. The average molecular weight is 460 g/mol. The van der Waals surface area contributed by atoms with Gasteiger partial charge in [-0.3, -0.25) is 19.5 Å². The van der Waals surface area contributed by atoms with Crippen LogP contribution in [0.2, 0.25) is 0 Å². The molecular formula is C24H37N5O4. The summed E-state index contributed by atoms with van der Waals surface area (Å²) in [6, 6.07) is 0. The highest BCUT2D eigenvalue weighted by atomic mass is 16.5. The highest BCUT2D eigenvalue weighted by Crippen LogP contribution is 2.44. The number of amides is 3. The monoisotopic (exact) mass is 459 g/mol. The number of hydrogen-bond donors (Lipinski definition) is 2. The predicted molar refractivity (Wildman–Crippen MR) is 122 cm³/mol. The summed E-state index contributed by atoms with van der Waals surface area (Å²) < 4.78 is 5.82. The van der Waals surface area contributed by atoms with Crippen molar-refractivity contribution < 1.29 is 19.1 Å². The lowest BCUT2D eigenvalue weighted by Crippen LogP contribution is -2.64. The Balaban J connectivity index is 1.31. The molecule has 33 heavy (non-hydrogen) atoms. The van der Waals surface area contributed by atoms with Crippen LogP contribution in [-0.2, 0) is 14.3 Å². The van der Waals surface area contributed by atoms with Crippen LogP contribution in [0.5, 0.6) is 0 Å². The first-order valence-electron chi connectivity index (χ1n) is 12.4. The summed E-state index contributed by atoms with van der Waals surface area (Å²) in [5, 5.41) is 9.57. The summed E-state index contributed by atoms with van der Waals surface area (Å²) in [6.45, 7) is 5.60. The van der Waals surface area contributed by atoms with Crippen molar-refractivity contribution in [3.63, 3.8) is 0 Å². The Bertz CT molecular complexity index is 815. The molecule has 3 amide bonds. The first-order valence-corrected chi connectivity index (χ1v) is 12.4. The summed E-state index contributed by atoms with van der Waals surface area (Å²) in [5.74, 6) is 0.251. The Kier molecular flexibility index (Phi) is 7.67. The van der Waals surface area contributed by atoms with Crippen LogP contribution in [0, 0.1) is 17.3 Å². The van der Waals surface area contributed by atoms with E-state index in [-0.39, 0.29) is 29.1 Å². The van der Waals surface area contributed by atoms with Crippen molar-refractivity contribution in [2.24, 2.45) is 17.3 Å². The topological polar surface area (TPSA) is 108 Å². The van der Waals surface area contributed by atoms with E-state index in [0.29, 0.717) is 57.2 Å². The van der Waals surface area contributed by atoms with Crippen molar-refractivity contribution in [2.45, 2.75) is 51.9 Å². The fourth-order valence-electron chi connectivity index (χ4n) is 5.59. The molecule has 0 radical (unpaired) electrons. The summed E-state index contributed by atoms with van der Waals surface area (Å²) in [4.78, 5) is 41.9. The van der Waals surface area contributed by atoms with Crippen LogP contribution < -0.4 is 5.32 Å². The summed E-state index contributed by atoms with van der Waals surface area (Å²) in [5.41, 5.74) is 0.107. The molecular weight excluding hydrogens is 422 g/mol. The Hall–Kier alpha value is -2.42. The molecule has 2 N–H and O–H groups in total. The van der Waals surface area contributed by atoms with Crippen LogP contribution in [0.1, 0.15) is 62.2 Å². The minimum atomic E-state index is -0.379. The van der Waals surface area contributed by atoms with Crippen LogP contribution in [0.25, 0.3) is 0 Å². The van der Waals surface area contributed by atoms with E-state index < -0.39 is 0 Å². The van der Waals surface area contributed by atoms with Crippen molar-refractivity contribution in [3.8, 4) is 0 Å². The van der Waals surface area contributed by atoms with Gasteiger partial charge >= 0.3 is 0 Å². The molecule has 3 fully saturated rings. The molecule has 0 bridgehead atoms. The van der Waals surface area contributed by atoms with Crippen LogP contribution in [0.15, 0.2) is 12.4 Å². The third-order valence-corrected chi connectivity index (χ3v) is 7.45. The Morgan fingerprint density at radius 1 is 1.18 bits per heavy atom. The molecule has 182 valence electrons. The molecule has 2 aliphatic heterocycles. The normalized spacial score (nSPS) is 22.4. The van der Waals surface area contributed by atoms with E-state index in [1.165, 1.54) is 38.3 Å². The number of nitrogens with one attached hydrogen (secondary N) is 2. The SMILES string of the molecule is CCCC(=O)N1CC2(C1)CN(C(=O)c1cn[nH]c1)C[C@H]2C(=O)NCCOCC1CCCCC1. The van der Waals surface area contributed by atoms with Gasteiger partial charge in [0.2, 0.25) is 11.8 Å². The number of aromatic nitrogens is 2. The first kappa shape index (κ1) is 23.7. The lowest BCUT2D eigenvalue weighted by molar-refractivity contribution is -0.149. The van der Waals surface area contributed by atoms with Crippen molar-refractivity contribution in [2.75, 3.05) is 45.9 Å². The summed E-state index contributed by atoms with van der Waals surface area (Å²) in [6.07, 6.45) is 10.8. The van der Waals surface area contributed by atoms with Gasteiger partial charge in [-0.2, -0.15) is 5.10 Å². The Morgan fingerprint density at radius 3 is 2.64 bits per heavy atom. The number of aromatic amines is 1. The quantitative estimate of drug-likeness (QED) is 0.548. The second-order valence-electron chi connectivity index (χ2n) is 9.96. The fourth-order valence-corrected chi connectivity index (χ4v) is 5.59. The number of nitrogens with zero attached hydrogens (tertiary/aromatic N) is 3. The molecule has 1 aromatic rings. The molecule has 1 saturated carbocycles. The van der Waals surface area contributed by atoms with Gasteiger partial charge in [0.05, 0.1) is 24.3 Å². The van der Waals surface area contributed by atoms with Gasteiger partial charge < -0.3 is 19.9 Å². The van der Waals surface area contributed by atoms with Crippen molar-refractivity contribution in [1.29, 1.82) is 0 Å². The molecule has 1 aromatic heterocycles. The molecule has 9 nitrogen and oxygen atoms in total. The zero-order chi connectivity index (χ0) is 23.3. The largest absolute Gasteiger partial charge is 0.379 e. The maximum Gasteiger partial charge on any atom is 0.257 e. The second-order valence-corrected chi connectivity index (χ2v) is 9.96. The lowest BCUT2D eigenvalue weighted by atomic mass is 9.71. The third kappa shape index (κ3) is 5.39. The van der Waals surface area contributed by atoms with Crippen molar-refractivity contribution in [1.82, 2.24) is 25.3 Å². The Morgan fingerprint density at radius 2 is 1.94 bits per heavy atom. The van der Waals surface area contributed by atoms with E-state index in [1.807, 2.05) is 11.8 Å². The van der Waals surface area contributed by atoms with Gasteiger partial charge in [0.15, 0.2) is 0 Å². The fraction of sp³-hybridized carbons (Fsp3) is 0.750. The molecule has 3 aliphatic rings. The third-order valence-electron chi connectivity index (χ3n) is 7.45. The van der Waals surface area contributed by atoms with Gasteiger partial charge in [-0.25, -0.2) is 0 Å². The standard InChI is InChI=1S/C24H37N5O4/c1-2-6-21(30)29-16-24(17-29)15-28(23(32)19-11-26-27-12-19)13-20(24)22(31)25-9-10-33-14-18-7-4-3-5-8-18/h11-12,18,20H,2-10,13-17H2,1H3,(H,25,31)(H,26,27)/t20-/m0/s1. The zero-order valence-corrected chi connectivity index (χ0v) is 19.7. The molecule has 1 spiro atoms. The number of H-pyrrole nitrogens is 1. The number of likely N-dealkylation sites (tertiary alicyclic amines) is 2. The average Bonchev–Trinajstić information content (AvgIpc) is 3.47.